The lowest BCUT2D eigenvalue weighted by molar-refractivity contribution is 0.0727. The van der Waals surface area contributed by atoms with Crippen LogP contribution in [-0.4, -0.2) is 50.8 Å². The first kappa shape index (κ1) is 16.3. The maximum atomic E-state index is 13.1. The van der Waals surface area contributed by atoms with E-state index < -0.39 is 0 Å². The minimum Gasteiger partial charge on any atom is -0.361 e. The molecule has 1 saturated heterocycles. The van der Waals surface area contributed by atoms with Gasteiger partial charge in [-0.2, -0.15) is 5.10 Å². The first-order valence-electron chi connectivity index (χ1n) is 9.03. The summed E-state index contributed by atoms with van der Waals surface area (Å²) in [5.74, 6) is 0.829. The van der Waals surface area contributed by atoms with E-state index in [1.54, 1.807) is 0 Å². The van der Waals surface area contributed by atoms with Crippen molar-refractivity contribution >= 4 is 5.91 Å². The normalized spacial score (nSPS) is 21.4. The van der Waals surface area contributed by atoms with Gasteiger partial charge in [-0.05, 0) is 46.2 Å². The van der Waals surface area contributed by atoms with Crippen LogP contribution in [0.2, 0.25) is 0 Å². The molecule has 1 fully saturated rings. The van der Waals surface area contributed by atoms with E-state index in [0.717, 1.165) is 68.2 Å². The summed E-state index contributed by atoms with van der Waals surface area (Å²) in [6.07, 6.45) is 3.01. The molecule has 4 heterocycles. The second-order valence-corrected chi connectivity index (χ2v) is 7.23. The van der Waals surface area contributed by atoms with E-state index in [1.807, 2.05) is 29.5 Å². The van der Waals surface area contributed by atoms with Crippen molar-refractivity contribution in [3.8, 4) is 0 Å². The first-order chi connectivity index (χ1) is 12.0. The van der Waals surface area contributed by atoms with Gasteiger partial charge in [0.25, 0.3) is 5.91 Å². The highest BCUT2D eigenvalue weighted by atomic mass is 16.5. The Morgan fingerprint density at radius 1 is 1.24 bits per heavy atom. The van der Waals surface area contributed by atoms with Crippen molar-refractivity contribution in [1.29, 1.82) is 0 Å². The highest BCUT2D eigenvalue weighted by molar-refractivity contribution is 5.93. The molecule has 7 nitrogen and oxygen atoms in total. The largest absolute Gasteiger partial charge is 0.361 e. The van der Waals surface area contributed by atoms with Gasteiger partial charge >= 0.3 is 0 Å². The number of carbonyl (C=O) groups excluding carboxylic acids is 1. The first-order valence-corrected chi connectivity index (χ1v) is 9.03. The van der Waals surface area contributed by atoms with E-state index >= 15 is 0 Å². The zero-order valence-corrected chi connectivity index (χ0v) is 15.2. The number of amides is 1. The van der Waals surface area contributed by atoms with Gasteiger partial charge in [0.05, 0.1) is 17.4 Å². The molecule has 0 radical (unpaired) electrons. The topological polar surface area (TPSA) is 67.4 Å². The molecule has 1 amide bonds. The molecule has 0 aliphatic carbocycles. The van der Waals surface area contributed by atoms with Crippen LogP contribution in [-0.2, 0) is 13.1 Å². The zero-order valence-electron chi connectivity index (χ0n) is 15.2. The molecule has 1 atom stereocenters. The molecule has 0 unspecified atom stereocenters. The van der Waals surface area contributed by atoms with Crippen molar-refractivity contribution in [2.24, 2.45) is 0 Å². The van der Waals surface area contributed by atoms with Crippen LogP contribution in [0.1, 0.15) is 58.5 Å². The Labute approximate surface area is 147 Å². The molecule has 2 aliphatic rings. The second-order valence-electron chi connectivity index (χ2n) is 7.23. The predicted molar refractivity (Wildman–Crippen MR) is 92.2 cm³/mol. The smallest absolute Gasteiger partial charge is 0.274 e. The van der Waals surface area contributed by atoms with Gasteiger partial charge in [-0.3, -0.25) is 9.48 Å². The number of hydrogen-bond donors (Lipinski definition) is 0. The van der Waals surface area contributed by atoms with Gasteiger partial charge in [0.2, 0.25) is 0 Å². The zero-order chi connectivity index (χ0) is 17.6. The van der Waals surface area contributed by atoms with E-state index in [9.17, 15) is 4.79 Å². The molecule has 2 aromatic rings. The van der Waals surface area contributed by atoms with Crippen molar-refractivity contribution in [3.63, 3.8) is 0 Å². The molecule has 2 aliphatic heterocycles. The van der Waals surface area contributed by atoms with Gasteiger partial charge in [0.1, 0.15) is 5.76 Å². The molecular weight excluding hydrogens is 318 g/mol. The van der Waals surface area contributed by atoms with Crippen LogP contribution in [0.25, 0.3) is 0 Å². The lowest BCUT2D eigenvalue weighted by Crippen LogP contribution is -2.31. The van der Waals surface area contributed by atoms with Gasteiger partial charge in [-0.25, -0.2) is 0 Å². The molecular formula is C18H25N5O2. The SMILES string of the molecule is Cc1noc(C)c1[C@@H]1CCCN1C(=O)c1cc2n(n1)CCCN(C)C2. The van der Waals surface area contributed by atoms with Crippen molar-refractivity contribution in [2.75, 3.05) is 20.1 Å². The third-order valence-electron chi connectivity index (χ3n) is 5.36. The molecule has 2 aromatic heterocycles. The number of likely N-dealkylation sites (tertiary alicyclic amines) is 1. The molecule has 0 saturated carbocycles. The fourth-order valence-corrected chi connectivity index (χ4v) is 4.15. The van der Waals surface area contributed by atoms with Crippen LogP contribution < -0.4 is 0 Å². The molecule has 134 valence electrons. The van der Waals surface area contributed by atoms with Gasteiger partial charge < -0.3 is 14.3 Å². The Kier molecular flexibility index (Phi) is 4.11. The van der Waals surface area contributed by atoms with Gasteiger partial charge in [-0.1, -0.05) is 5.16 Å². The second kappa shape index (κ2) is 6.29. The summed E-state index contributed by atoms with van der Waals surface area (Å²) in [5.41, 5.74) is 3.62. The number of carbonyl (C=O) groups is 1. The molecule has 25 heavy (non-hydrogen) atoms. The molecule has 0 bridgehead atoms. The number of aryl methyl sites for hydroxylation is 3. The van der Waals surface area contributed by atoms with E-state index in [4.69, 9.17) is 4.52 Å². The summed E-state index contributed by atoms with van der Waals surface area (Å²) in [5, 5.41) is 8.67. The number of rotatable bonds is 2. The Morgan fingerprint density at radius 3 is 2.84 bits per heavy atom. The van der Waals surface area contributed by atoms with Crippen LogP contribution in [0.5, 0.6) is 0 Å². The van der Waals surface area contributed by atoms with Crippen LogP contribution in [0.4, 0.5) is 0 Å². The van der Waals surface area contributed by atoms with E-state index in [2.05, 4.69) is 22.2 Å². The van der Waals surface area contributed by atoms with Gasteiger partial charge in [-0.15, -0.1) is 0 Å². The van der Waals surface area contributed by atoms with Crippen LogP contribution in [0, 0.1) is 13.8 Å². The molecule has 0 spiro atoms. The van der Waals surface area contributed by atoms with Gasteiger partial charge in [0, 0.05) is 31.7 Å². The third-order valence-corrected chi connectivity index (χ3v) is 5.36. The predicted octanol–water partition coefficient (Wildman–Crippen LogP) is 2.30. The lowest BCUT2D eigenvalue weighted by atomic mass is 10.0. The maximum Gasteiger partial charge on any atom is 0.274 e. The number of fused-ring (bicyclic) bond motifs is 1. The van der Waals surface area contributed by atoms with Crippen molar-refractivity contribution in [3.05, 3.63) is 34.5 Å². The summed E-state index contributed by atoms with van der Waals surface area (Å²) < 4.78 is 7.32. The van der Waals surface area contributed by atoms with Gasteiger partial charge in [0.15, 0.2) is 5.69 Å². The summed E-state index contributed by atoms with van der Waals surface area (Å²) >= 11 is 0. The van der Waals surface area contributed by atoms with E-state index in [-0.39, 0.29) is 11.9 Å². The molecule has 0 N–H and O–H groups in total. The Hall–Kier alpha value is -2.15. The highest BCUT2D eigenvalue weighted by Crippen LogP contribution is 2.36. The highest BCUT2D eigenvalue weighted by Gasteiger charge is 2.35. The standard InChI is InChI=1S/C18H25N5O2/c1-12-17(13(2)25-20-12)16-6-4-8-22(16)18(24)15-10-14-11-21(3)7-5-9-23(14)19-15/h10,16H,4-9,11H2,1-3H3/t16-/m0/s1. The number of nitrogens with zero attached hydrogens (tertiary/aromatic N) is 5. The molecule has 4 rings (SSSR count). The van der Waals surface area contributed by atoms with Crippen LogP contribution in [0.3, 0.4) is 0 Å². The minimum atomic E-state index is 0.0192. The fraction of sp³-hybridized carbons (Fsp3) is 0.611. The monoisotopic (exact) mass is 343 g/mol. The summed E-state index contributed by atoms with van der Waals surface area (Å²) in [6, 6.07) is 2.01. The maximum absolute atomic E-state index is 13.1. The Bertz CT molecular complexity index is 774. The van der Waals surface area contributed by atoms with E-state index in [0.29, 0.717) is 5.69 Å². The Morgan fingerprint density at radius 2 is 2.08 bits per heavy atom. The Balaban J connectivity index is 1.61. The fourth-order valence-electron chi connectivity index (χ4n) is 4.15. The summed E-state index contributed by atoms with van der Waals surface area (Å²) in [6.45, 7) is 7.41. The summed E-state index contributed by atoms with van der Waals surface area (Å²) in [7, 11) is 2.11. The quantitative estimate of drug-likeness (QED) is 0.837. The number of aromatic nitrogens is 3. The van der Waals surface area contributed by atoms with Crippen molar-refractivity contribution < 1.29 is 9.32 Å². The number of hydrogen-bond acceptors (Lipinski definition) is 5. The van der Waals surface area contributed by atoms with Crippen molar-refractivity contribution in [1.82, 2.24) is 24.7 Å². The third kappa shape index (κ3) is 2.86. The van der Waals surface area contributed by atoms with Crippen LogP contribution >= 0.6 is 0 Å². The molecule has 0 aromatic carbocycles. The van der Waals surface area contributed by atoms with E-state index in [1.165, 1.54) is 0 Å². The minimum absolute atomic E-state index is 0.0192. The average Bonchev–Trinajstić information content (AvgIpc) is 3.25. The van der Waals surface area contributed by atoms with Crippen molar-refractivity contribution in [2.45, 2.75) is 52.2 Å². The molecule has 7 heteroatoms. The van der Waals surface area contributed by atoms with Crippen LogP contribution in [0.15, 0.2) is 10.6 Å². The average molecular weight is 343 g/mol. The summed E-state index contributed by atoms with van der Waals surface area (Å²) in [4.78, 5) is 17.4. The lowest BCUT2D eigenvalue weighted by Gasteiger charge is -2.24.